The van der Waals surface area contributed by atoms with Gasteiger partial charge in [-0.1, -0.05) is 42.0 Å². The van der Waals surface area contributed by atoms with E-state index in [2.05, 4.69) is 22.0 Å². The lowest BCUT2D eigenvalue weighted by molar-refractivity contribution is 0.614. The fourth-order valence-corrected chi connectivity index (χ4v) is 2.39. The van der Waals surface area contributed by atoms with Crippen molar-refractivity contribution in [3.05, 3.63) is 69.4 Å². The van der Waals surface area contributed by atoms with Gasteiger partial charge in [-0.05, 0) is 46.5 Å². The normalized spacial score (nSPS) is 12.4. The summed E-state index contributed by atoms with van der Waals surface area (Å²) in [6, 6.07) is 13.0. The number of benzene rings is 2. The monoisotopic (exact) mass is 307 g/mol. The van der Waals surface area contributed by atoms with Gasteiger partial charge in [0.05, 0.1) is 4.47 Å². The van der Waals surface area contributed by atoms with E-state index in [4.69, 9.17) is 5.73 Å². The average molecular weight is 308 g/mol. The lowest BCUT2D eigenvalue weighted by atomic mass is 9.98. The van der Waals surface area contributed by atoms with Gasteiger partial charge in [0, 0.05) is 6.04 Å². The minimum atomic E-state index is -0.246. The van der Waals surface area contributed by atoms with Crippen LogP contribution in [0.25, 0.3) is 0 Å². The molecule has 0 aliphatic rings. The summed E-state index contributed by atoms with van der Waals surface area (Å²) < 4.78 is 13.9. The smallest absolute Gasteiger partial charge is 0.137 e. The SMILES string of the molecule is Cc1cccc(C(N)Cc2cccc(F)c2Br)c1. The quantitative estimate of drug-likeness (QED) is 0.906. The zero-order chi connectivity index (χ0) is 13.1. The second-order valence-electron chi connectivity index (χ2n) is 4.44. The van der Waals surface area contributed by atoms with Gasteiger partial charge in [0.25, 0.3) is 0 Å². The van der Waals surface area contributed by atoms with E-state index in [1.165, 1.54) is 11.6 Å². The predicted octanol–water partition coefficient (Wildman–Crippen LogP) is 4.14. The fourth-order valence-electron chi connectivity index (χ4n) is 1.96. The van der Waals surface area contributed by atoms with Crippen LogP contribution in [0.4, 0.5) is 4.39 Å². The highest BCUT2D eigenvalue weighted by atomic mass is 79.9. The first kappa shape index (κ1) is 13.2. The summed E-state index contributed by atoms with van der Waals surface area (Å²) in [7, 11) is 0. The van der Waals surface area contributed by atoms with Gasteiger partial charge >= 0.3 is 0 Å². The van der Waals surface area contributed by atoms with Crippen LogP contribution in [0.15, 0.2) is 46.9 Å². The van der Waals surface area contributed by atoms with E-state index in [1.807, 2.05) is 31.2 Å². The van der Waals surface area contributed by atoms with Gasteiger partial charge in [-0.15, -0.1) is 0 Å². The molecule has 0 saturated heterocycles. The Labute approximate surface area is 115 Å². The number of hydrogen-bond donors (Lipinski definition) is 1. The largest absolute Gasteiger partial charge is 0.324 e. The van der Waals surface area contributed by atoms with Crippen molar-refractivity contribution in [2.45, 2.75) is 19.4 Å². The molecule has 0 bridgehead atoms. The predicted molar refractivity (Wildman–Crippen MR) is 75.9 cm³/mol. The van der Waals surface area contributed by atoms with E-state index in [9.17, 15) is 4.39 Å². The second-order valence-corrected chi connectivity index (χ2v) is 5.23. The standard InChI is InChI=1S/C15H15BrFN/c1-10-4-2-5-11(8-10)14(18)9-12-6-3-7-13(17)15(12)16/h2-8,14H,9,18H2,1H3. The van der Waals surface area contributed by atoms with Gasteiger partial charge < -0.3 is 5.73 Å². The van der Waals surface area contributed by atoms with Gasteiger partial charge in [0.15, 0.2) is 0 Å². The van der Waals surface area contributed by atoms with Crippen LogP contribution in [0.1, 0.15) is 22.7 Å². The number of nitrogens with two attached hydrogens (primary N) is 1. The first-order valence-electron chi connectivity index (χ1n) is 5.83. The molecule has 0 aromatic heterocycles. The van der Waals surface area contributed by atoms with Crippen LogP contribution in [0.3, 0.4) is 0 Å². The molecule has 3 heteroatoms. The van der Waals surface area contributed by atoms with Crippen molar-refractivity contribution in [2.75, 3.05) is 0 Å². The Bertz CT molecular complexity index is 554. The summed E-state index contributed by atoms with van der Waals surface area (Å²) >= 11 is 3.27. The molecule has 0 aliphatic carbocycles. The third kappa shape index (κ3) is 2.98. The lowest BCUT2D eigenvalue weighted by Gasteiger charge is -2.14. The summed E-state index contributed by atoms with van der Waals surface area (Å²) in [4.78, 5) is 0. The molecule has 18 heavy (non-hydrogen) atoms. The van der Waals surface area contributed by atoms with Crippen LogP contribution in [0.2, 0.25) is 0 Å². The van der Waals surface area contributed by atoms with Crippen LogP contribution >= 0.6 is 15.9 Å². The molecule has 2 rings (SSSR count). The maximum absolute atomic E-state index is 13.4. The van der Waals surface area contributed by atoms with Crippen molar-refractivity contribution in [3.8, 4) is 0 Å². The summed E-state index contributed by atoms with van der Waals surface area (Å²) in [5.74, 6) is -0.246. The molecule has 2 N–H and O–H groups in total. The maximum atomic E-state index is 13.4. The molecule has 0 saturated carbocycles. The molecular formula is C15H15BrFN. The number of aryl methyl sites for hydroxylation is 1. The summed E-state index contributed by atoms with van der Waals surface area (Å²) in [5.41, 5.74) is 9.32. The molecule has 1 unspecified atom stereocenters. The third-order valence-electron chi connectivity index (χ3n) is 2.94. The molecule has 0 fully saturated rings. The molecule has 1 nitrogen and oxygen atoms in total. The number of halogens is 2. The fraction of sp³-hybridized carbons (Fsp3) is 0.200. The van der Waals surface area contributed by atoms with E-state index >= 15 is 0 Å². The Morgan fingerprint density at radius 2 is 1.94 bits per heavy atom. The van der Waals surface area contributed by atoms with Crippen molar-refractivity contribution in [1.82, 2.24) is 0 Å². The molecule has 0 radical (unpaired) electrons. The first-order chi connectivity index (χ1) is 8.58. The zero-order valence-corrected chi connectivity index (χ0v) is 11.7. The molecule has 94 valence electrons. The Morgan fingerprint density at radius 1 is 1.22 bits per heavy atom. The van der Waals surface area contributed by atoms with Crippen LogP contribution in [-0.4, -0.2) is 0 Å². The zero-order valence-electron chi connectivity index (χ0n) is 10.2. The minimum Gasteiger partial charge on any atom is -0.324 e. The molecule has 0 spiro atoms. The van der Waals surface area contributed by atoms with Gasteiger partial charge in [-0.2, -0.15) is 0 Å². The van der Waals surface area contributed by atoms with Gasteiger partial charge in [-0.3, -0.25) is 0 Å². The van der Waals surface area contributed by atoms with Crippen molar-refractivity contribution >= 4 is 15.9 Å². The van der Waals surface area contributed by atoms with Crippen molar-refractivity contribution in [2.24, 2.45) is 5.73 Å². The highest BCUT2D eigenvalue weighted by Crippen LogP contribution is 2.25. The first-order valence-corrected chi connectivity index (χ1v) is 6.62. The highest BCUT2D eigenvalue weighted by Gasteiger charge is 2.11. The third-order valence-corrected chi connectivity index (χ3v) is 3.83. The summed E-state index contributed by atoms with van der Waals surface area (Å²) in [6.07, 6.45) is 0.613. The van der Waals surface area contributed by atoms with E-state index in [1.54, 1.807) is 6.07 Å². The molecule has 1 atom stereocenters. The van der Waals surface area contributed by atoms with E-state index in [-0.39, 0.29) is 11.9 Å². The molecule has 0 amide bonds. The summed E-state index contributed by atoms with van der Waals surface area (Å²) in [6.45, 7) is 2.04. The van der Waals surface area contributed by atoms with Gasteiger partial charge in [0.1, 0.15) is 5.82 Å². The topological polar surface area (TPSA) is 26.0 Å². The maximum Gasteiger partial charge on any atom is 0.137 e. The Morgan fingerprint density at radius 3 is 2.67 bits per heavy atom. The minimum absolute atomic E-state index is 0.122. The second kappa shape index (κ2) is 5.63. The van der Waals surface area contributed by atoms with E-state index < -0.39 is 0 Å². The molecule has 2 aromatic rings. The van der Waals surface area contributed by atoms with Crippen molar-refractivity contribution in [1.29, 1.82) is 0 Å². The number of hydrogen-bond acceptors (Lipinski definition) is 1. The molecule has 0 aliphatic heterocycles. The average Bonchev–Trinajstić information content (AvgIpc) is 2.35. The summed E-state index contributed by atoms with van der Waals surface area (Å²) in [5, 5.41) is 0. The Balaban J connectivity index is 2.21. The van der Waals surface area contributed by atoms with Crippen molar-refractivity contribution < 1.29 is 4.39 Å². The highest BCUT2D eigenvalue weighted by molar-refractivity contribution is 9.10. The molecular weight excluding hydrogens is 293 g/mol. The van der Waals surface area contributed by atoms with Crippen LogP contribution in [0, 0.1) is 12.7 Å². The van der Waals surface area contributed by atoms with Crippen LogP contribution in [-0.2, 0) is 6.42 Å². The molecule has 0 heterocycles. The van der Waals surface area contributed by atoms with Crippen molar-refractivity contribution in [3.63, 3.8) is 0 Å². The van der Waals surface area contributed by atoms with Gasteiger partial charge in [0.2, 0.25) is 0 Å². The number of rotatable bonds is 3. The Kier molecular flexibility index (Phi) is 4.15. The Hall–Kier alpha value is -1.19. The van der Waals surface area contributed by atoms with Crippen LogP contribution < -0.4 is 5.73 Å². The molecule has 2 aromatic carbocycles. The van der Waals surface area contributed by atoms with E-state index in [0.29, 0.717) is 10.9 Å². The van der Waals surface area contributed by atoms with Crippen LogP contribution in [0.5, 0.6) is 0 Å². The van der Waals surface area contributed by atoms with Gasteiger partial charge in [-0.25, -0.2) is 4.39 Å². The lowest BCUT2D eigenvalue weighted by Crippen LogP contribution is -2.14. The van der Waals surface area contributed by atoms with E-state index in [0.717, 1.165) is 11.1 Å².